The van der Waals surface area contributed by atoms with Crippen molar-refractivity contribution in [3.63, 3.8) is 0 Å². The first-order valence-corrected chi connectivity index (χ1v) is 8.34. The third-order valence-corrected chi connectivity index (χ3v) is 4.97. The molecule has 0 aliphatic carbocycles. The van der Waals surface area contributed by atoms with Gasteiger partial charge in [-0.25, -0.2) is 4.79 Å². The molecule has 0 amide bonds. The molecule has 0 radical (unpaired) electrons. The quantitative estimate of drug-likeness (QED) is 0.591. The van der Waals surface area contributed by atoms with Crippen molar-refractivity contribution < 1.29 is 15.0 Å². The van der Waals surface area contributed by atoms with Crippen LogP contribution < -0.4 is 5.56 Å². The van der Waals surface area contributed by atoms with Gasteiger partial charge in [-0.15, -0.1) is 11.3 Å². The molecular formula is C18H12N2O4S. The summed E-state index contributed by atoms with van der Waals surface area (Å²) in [6.45, 7) is 0.192. The van der Waals surface area contributed by atoms with Crippen molar-refractivity contribution in [3.8, 4) is 5.75 Å². The second-order valence-electron chi connectivity index (χ2n) is 5.59. The fraction of sp³-hybridized carbons (Fsp3) is 0.0556. The highest BCUT2D eigenvalue weighted by Crippen LogP contribution is 2.29. The van der Waals surface area contributed by atoms with Gasteiger partial charge in [0.1, 0.15) is 5.56 Å². The lowest BCUT2D eigenvalue weighted by molar-refractivity contribution is 0.0695. The summed E-state index contributed by atoms with van der Waals surface area (Å²) in [4.78, 5) is 28.3. The molecule has 3 heterocycles. The first-order valence-electron chi connectivity index (χ1n) is 7.46. The predicted octanol–water partition coefficient (Wildman–Crippen LogP) is 3.06. The van der Waals surface area contributed by atoms with E-state index in [4.69, 9.17) is 0 Å². The van der Waals surface area contributed by atoms with Crippen LogP contribution in [0.25, 0.3) is 21.1 Å². The molecule has 0 spiro atoms. The van der Waals surface area contributed by atoms with Crippen LogP contribution in [0.4, 0.5) is 0 Å². The SMILES string of the molecule is O=C(O)c1c(O)c(=O)n(Cc2cnc3ccccc3c2)c2ccsc12. The van der Waals surface area contributed by atoms with Gasteiger partial charge in [0, 0.05) is 11.6 Å². The second-order valence-corrected chi connectivity index (χ2v) is 6.51. The number of carbonyl (C=O) groups is 1. The fourth-order valence-electron chi connectivity index (χ4n) is 2.89. The molecule has 6 nitrogen and oxygen atoms in total. The average molecular weight is 352 g/mol. The number of benzene rings is 1. The Hall–Kier alpha value is -3.19. The number of aromatic carboxylic acids is 1. The number of thiophene rings is 1. The molecule has 1 aromatic carbocycles. The molecule has 3 aromatic heterocycles. The minimum absolute atomic E-state index is 0.192. The normalized spacial score (nSPS) is 11.2. The molecule has 0 bridgehead atoms. The summed E-state index contributed by atoms with van der Waals surface area (Å²) in [5.74, 6) is -2.06. The Bertz CT molecular complexity index is 1190. The van der Waals surface area contributed by atoms with Gasteiger partial charge in [-0.05, 0) is 29.1 Å². The minimum Gasteiger partial charge on any atom is -0.502 e. The Morgan fingerprint density at radius 3 is 2.84 bits per heavy atom. The molecule has 0 atom stereocenters. The Labute approximate surface area is 145 Å². The zero-order valence-corrected chi connectivity index (χ0v) is 13.7. The van der Waals surface area contributed by atoms with Crippen molar-refractivity contribution in [1.82, 2.24) is 9.55 Å². The smallest absolute Gasteiger partial charge is 0.341 e. The molecule has 0 fully saturated rings. The molecule has 0 unspecified atom stereocenters. The van der Waals surface area contributed by atoms with Gasteiger partial charge in [0.2, 0.25) is 0 Å². The summed E-state index contributed by atoms with van der Waals surface area (Å²) in [5.41, 5.74) is 1.05. The number of carboxylic acid groups (broad SMARTS) is 1. The lowest BCUT2D eigenvalue weighted by Crippen LogP contribution is -2.22. The van der Waals surface area contributed by atoms with Crippen LogP contribution in [-0.4, -0.2) is 25.7 Å². The summed E-state index contributed by atoms with van der Waals surface area (Å²) < 4.78 is 1.75. The second kappa shape index (κ2) is 5.71. The number of aromatic hydroxyl groups is 1. The van der Waals surface area contributed by atoms with Crippen LogP contribution in [0.2, 0.25) is 0 Å². The van der Waals surface area contributed by atoms with Gasteiger partial charge in [0.05, 0.1) is 22.3 Å². The van der Waals surface area contributed by atoms with Crippen molar-refractivity contribution in [1.29, 1.82) is 0 Å². The number of rotatable bonds is 3. The van der Waals surface area contributed by atoms with E-state index in [9.17, 15) is 19.8 Å². The van der Waals surface area contributed by atoms with Crippen LogP contribution in [0.3, 0.4) is 0 Å². The van der Waals surface area contributed by atoms with Gasteiger partial charge < -0.3 is 10.2 Å². The zero-order chi connectivity index (χ0) is 17.6. The molecule has 7 heteroatoms. The summed E-state index contributed by atoms with van der Waals surface area (Å²) in [5, 5.41) is 22.0. The van der Waals surface area contributed by atoms with Gasteiger partial charge in [-0.3, -0.25) is 14.3 Å². The lowest BCUT2D eigenvalue weighted by Gasteiger charge is -2.11. The standard InChI is InChI=1S/C18H12N2O4S/c21-15-14(18(23)24)16-13(5-6-25-16)20(17(15)22)9-10-7-11-3-1-2-4-12(11)19-8-10/h1-8,21H,9H2,(H,23,24). The van der Waals surface area contributed by atoms with E-state index in [1.54, 1.807) is 17.6 Å². The Morgan fingerprint density at radius 2 is 2.04 bits per heavy atom. The summed E-state index contributed by atoms with van der Waals surface area (Å²) in [6.07, 6.45) is 1.68. The molecule has 124 valence electrons. The van der Waals surface area contributed by atoms with Crippen molar-refractivity contribution in [3.05, 3.63) is 69.5 Å². The van der Waals surface area contributed by atoms with Gasteiger partial charge in [0.15, 0.2) is 5.75 Å². The molecule has 4 aromatic rings. The van der Waals surface area contributed by atoms with Crippen LogP contribution in [0, 0.1) is 0 Å². The minimum atomic E-state index is -1.32. The van der Waals surface area contributed by atoms with Crippen LogP contribution in [-0.2, 0) is 6.54 Å². The number of nitrogens with zero attached hydrogens (tertiary/aromatic N) is 2. The topological polar surface area (TPSA) is 92.4 Å². The lowest BCUT2D eigenvalue weighted by atomic mass is 10.1. The highest BCUT2D eigenvalue weighted by molar-refractivity contribution is 7.17. The van der Waals surface area contributed by atoms with Crippen LogP contribution in [0.1, 0.15) is 15.9 Å². The van der Waals surface area contributed by atoms with E-state index >= 15 is 0 Å². The number of carboxylic acids is 1. The predicted molar refractivity (Wildman–Crippen MR) is 95.6 cm³/mol. The Kier molecular flexibility index (Phi) is 3.51. The highest BCUT2D eigenvalue weighted by Gasteiger charge is 2.22. The number of hydrogen-bond donors (Lipinski definition) is 2. The highest BCUT2D eigenvalue weighted by atomic mass is 32.1. The van der Waals surface area contributed by atoms with Gasteiger partial charge in [-0.2, -0.15) is 0 Å². The third-order valence-electron chi connectivity index (χ3n) is 4.05. The molecule has 0 saturated carbocycles. The largest absolute Gasteiger partial charge is 0.502 e. The zero-order valence-electron chi connectivity index (χ0n) is 12.8. The fourth-order valence-corrected chi connectivity index (χ4v) is 3.83. The number of pyridine rings is 2. The maximum atomic E-state index is 12.5. The molecule has 0 saturated heterocycles. The van der Waals surface area contributed by atoms with E-state index < -0.39 is 17.3 Å². The summed E-state index contributed by atoms with van der Waals surface area (Å²) in [7, 11) is 0. The van der Waals surface area contributed by atoms with Gasteiger partial charge in [0.25, 0.3) is 5.56 Å². The molecule has 0 aliphatic rings. The summed E-state index contributed by atoms with van der Waals surface area (Å²) >= 11 is 1.18. The van der Waals surface area contributed by atoms with Crippen molar-refractivity contribution >= 4 is 38.4 Å². The Morgan fingerprint density at radius 1 is 1.24 bits per heavy atom. The first kappa shape index (κ1) is 15.3. The van der Waals surface area contributed by atoms with Crippen LogP contribution in [0.15, 0.2) is 52.8 Å². The average Bonchev–Trinajstić information content (AvgIpc) is 3.07. The molecule has 0 aliphatic heterocycles. The third kappa shape index (κ3) is 2.45. The monoisotopic (exact) mass is 352 g/mol. The number of hydrogen-bond acceptors (Lipinski definition) is 5. The first-order chi connectivity index (χ1) is 12.1. The number of aromatic nitrogens is 2. The molecule has 25 heavy (non-hydrogen) atoms. The van der Waals surface area contributed by atoms with Crippen molar-refractivity contribution in [2.24, 2.45) is 0 Å². The van der Waals surface area contributed by atoms with E-state index in [-0.39, 0.29) is 12.1 Å². The van der Waals surface area contributed by atoms with Crippen molar-refractivity contribution in [2.45, 2.75) is 6.54 Å². The van der Waals surface area contributed by atoms with E-state index in [2.05, 4.69) is 4.98 Å². The number of fused-ring (bicyclic) bond motifs is 2. The van der Waals surface area contributed by atoms with Gasteiger partial charge in [-0.1, -0.05) is 18.2 Å². The number of para-hydroxylation sites is 1. The maximum Gasteiger partial charge on any atom is 0.341 e. The van der Waals surface area contributed by atoms with E-state index in [0.717, 1.165) is 16.5 Å². The van der Waals surface area contributed by atoms with Crippen LogP contribution in [0.5, 0.6) is 5.75 Å². The van der Waals surface area contributed by atoms with Crippen LogP contribution >= 0.6 is 11.3 Å². The van der Waals surface area contributed by atoms with Crippen molar-refractivity contribution in [2.75, 3.05) is 0 Å². The maximum absolute atomic E-state index is 12.5. The van der Waals surface area contributed by atoms with E-state index in [1.807, 2.05) is 30.3 Å². The molecular weight excluding hydrogens is 340 g/mol. The van der Waals surface area contributed by atoms with E-state index in [0.29, 0.717) is 10.2 Å². The molecule has 4 rings (SSSR count). The molecule has 2 N–H and O–H groups in total. The van der Waals surface area contributed by atoms with Gasteiger partial charge >= 0.3 is 5.97 Å². The summed E-state index contributed by atoms with van der Waals surface area (Å²) in [6, 6.07) is 11.2. The van der Waals surface area contributed by atoms with E-state index in [1.165, 1.54) is 15.9 Å². The Balaban J connectivity index is 1.90.